The molecule has 0 aliphatic heterocycles. The molecule has 24 heavy (non-hydrogen) atoms. The molecule has 0 saturated heterocycles. The van der Waals surface area contributed by atoms with Gasteiger partial charge in [-0.05, 0) is 37.1 Å². The molecule has 0 bridgehead atoms. The van der Waals surface area contributed by atoms with Gasteiger partial charge in [-0.2, -0.15) is 4.98 Å². The molecule has 1 aliphatic carbocycles. The van der Waals surface area contributed by atoms with Crippen molar-refractivity contribution in [2.75, 3.05) is 10.6 Å². The molecular formula is C18H17N5O. The maximum absolute atomic E-state index is 9.61. The number of phenols is 1. The Labute approximate surface area is 139 Å². The monoisotopic (exact) mass is 319 g/mol. The Bertz CT molecular complexity index is 849. The third-order valence-corrected chi connectivity index (χ3v) is 3.73. The third kappa shape index (κ3) is 3.43. The molecule has 1 aromatic carbocycles. The molecule has 1 aliphatic rings. The molecule has 3 aromatic rings. The molecule has 1 saturated carbocycles. The minimum absolute atomic E-state index is 0.208. The summed E-state index contributed by atoms with van der Waals surface area (Å²) >= 11 is 0. The van der Waals surface area contributed by atoms with Crippen molar-refractivity contribution in [2.24, 2.45) is 0 Å². The van der Waals surface area contributed by atoms with Crippen LogP contribution >= 0.6 is 0 Å². The van der Waals surface area contributed by atoms with Crippen molar-refractivity contribution in [1.82, 2.24) is 15.0 Å². The van der Waals surface area contributed by atoms with Crippen molar-refractivity contribution < 1.29 is 5.11 Å². The quantitative estimate of drug-likeness (QED) is 0.667. The molecule has 0 spiro atoms. The second-order valence-corrected chi connectivity index (χ2v) is 5.79. The van der Waals surface area contributed by atoms with E-state index < -0.39 is 0 Å². The first-order chi connectivity index (χ1) is 11.8. The number of hydrogen-bond acceptors (Lipinski definition) is 6. The van der Waals surface area contributed by atoms with Crippen molar-refractivity contribution >= 4 is 17.5 Å². The third-order valence-electron chi connectivity index (χ3n) is 3.73. The van der Waals surface area contributed by atoms with Crippen molar-refractivity contribution in [2.45, 2.75) is 18.9 Å². The number of anilines is 3. The predicted octanol–water partition coefficient (Wildman–Crippen LogP) is 3.56. The largest absolute Gasteiger partial charge is 0.508 e. The van der Waals surface area contributed by atoms with Gasteiger partial charge in [0, 0.05) is 41.8 Å². The summed E-state index contributed by atoms with van der Waals surface area (Å²) in [6.45, 7) is 0. The number of aromatic hydroxyl groups is 1. The molecule has 2 aromatic heterocycles. The van der Waals surface area contributed by atoms with Crippen LogP contribution < -0.4 is 10.6 Å². The van der Waals surface area contributed by atoms with Gasteiger partial charge in [-0.1, -0.05) is 6.07 Å². The Morgan fingerprint density at radius 1 is 1.00 bits per heavy atom. The Balaban J connectivity index is 1.69. The summed E-state index contributed by atoms with van der Waals surface area (Å²) < 4.78 is 0. The second-order valence-electron chi connectivity index (χ2n) is 5.79. The number of phenolic OH excluding ortho intramolecular Hbond substituents is 1. The van der Waals surface area contributed by atoms with Gasteiger partial charge in [0.25, 0.3) is 0 Å². The number of nitrogens with one attached hydrogen (secondary N) is 2. The standard InChI is InChI=1S/C18H17N5O/c24-15-3-1-2-14(10-15)20-17-11-16(12-6-8-19-9-7-12)22-18(23-17)21-13-4-5-13/h1-3,6-11,13,24H,4-5H2,(H2,20,21,22,23). The van der Waals surface area contributed by atoms with Crippen molar-refractivity contribution in [3.63, 3.8) is 0 Å². The molecule has 1 fully saturated rings. The van der Waals surface area contributed by atoms with E-state index in [1.54, 1.807) is 30.6 Å². The molecule has 4 rings (SSSR count). The van der Waals surface area contributed by atoms with E-state index in [9.17, 15) is 5.11 Å². The molecule has 6 heteroatoms. The Hall–Kier alpha value is -3.15. The second kappa shape index (κ2) is 6.16. The van der Waals surface area contributed by atoms with Crippen molar-refractivity contribution in [3.8, 4) is 17.0 Å². The fourth-order valence-corrected chi connectivity index (χ4v) is 2.39. The van der Waals surface area contributed by atoms with Gasteiger partial charge in [0.15, 0.2) is 0 Å². The average Bonchev–Trinajstić information content (AvgIpc) is 3.39. The van der Waals surface area contributed by atoms with Crippen LogP contribution in [-0.2, 0) is 0 Å². The van der Waals surface area contributed by atoms with E-state index in [1.807, 2.05) is 24.3 Å². The van der Waals surface area contributed by atoms with E-state index in [0.29, 0.717) is 17.8 Å². The van der Waals surface area contributed by atoms with Gasteiger partial charge in [0.05, 0.1) is 5.69 Å². The molecule has 6 nitrogen and oxygen atoms in total. The number of pyridine rings is 1. The first-order valence-corrected chi connectivity index (χ1v) is 7.88. The van der Waals surface area contributed by atoms with Crippen LogP contribution in [0.15, 0.2) is 54.9 Å². The van der Waals surface area contributed by atoms with E-state index in [1.165, 1.54) is 0 Å². The van der Waals surface area contributed by atoms with Crippen molar-refractivity contribution in [3.05, 3.63) is 54.9 Å². The number of aromatic nitrogens is 3. The Kier molecular flexibility index (Phi) is 3.70. The highest BCUT2D eigenvalue weighted by molar-refractivity contribution is 5.67. The van der Waals surface area contributed by atoms with Gasteiger partial charge >= 0.3 is 0 Å². The normalized spacial score (nSPS) is 13.5. The van der Waals surface area contributed by atoms with Crippen LogP contribution in [-0.4, -0.2) is 26.1 Å². The molecule has 0 unspecified atom stereocenters. The first-order valence-electron chi connectivity index (χ1n) is 7.88. The lowest BCUT2D eigenvalue weighted by molar-refractivity contribution is 0.475. The first kappa shape index (κ1) is 14.4. The highest BCUT2D eigenvalue weighted by atomic mass is 16.3. The lowest BCUT2D eigenvalue weighted by Crippen LogP contribution is -2.07. The van der Waals surface area contributed by atoms with Crippen LogP contribution in [0.3, 0.4) is 0 Å². The maximum atomic E-state index is 9.61. The topological polar surface area (TPSA) is 83.0 Å². The minimum atomic E-state index is 0.208. The highest BCUT2D eigenvalue weighted by Crippen LogP contribution is 2.27. The van der Waals surface area contributed by atoms with Crippen LogP contribution in [0.5, 0.6) is 5.75 Å². The van der Waals surface area contributed by atoms with Gasteiger partial charge in [0.2, 0.25) is 5.95 Å². The van der Waals surface area contributed by atoms with E-state index >= 15 is 0 Å². The van der Waals surface area contributed by atoms with E-state index in [2.05, 4.69) is 25.6 Å². The van der Waals surface area contributed by atoms with Crippen molar-refractivity contribution in [1.29, 1.82) is 0 Å². The average molecular weight is 319 g/mol. The molecule has 0 atom stereocenters. The smallest absolute Gasteiger partial charge is 0.225 e. The Morgan fingerprint density at radius 3 is 2.58 bits per heavy atom. The summed E-state index contributed by atoms with van der Waals surface area (Å²) in [7, 11) is 0. The summed E-state index contributed by atoms with van der Waals surface area (Å²) in [5.41, 5.74) is 2.56. The van der Waals surface area contributed by atoms with Crippen LogP contribution in [0, 0.1) is 0 Å². The minimum Gasteiger partial charge on any atom is -0.508 e. The molecule has 2 heterocycles. The molecule has 0 radical (unpaired) electrons. The highest BCUT2D eigenvalue weighted by Gasteiger charge is 2.22. The number of hydrogen-bond donors (Lipinski definition) is 3. The van der Waals surface area contributed by atoms with Crippen LogP contribution in [0.1, 0.15) is 12.8 Å². The van der Waals surface area contributed by atoms with E-state index in [0.717, 1.165) is 29.8 Å². The molecule has 0 amide bonds. The van der Waals surface area contributed by atoms with Gasteiger partial charge in [-0.15, -0.1) is 0 Å². The Morgan fingerprint density at radius 2 is 1.83 bits per heavy atom. The molecule has 120 valence electrons. The fourth-order valence-electron chi connectivity index (χ4n) is 2.39. The number of nitrogens with zero attached hydrogens (tertiary/aromatic N) is 3. The van der Waals surface area contributed by atoms with Crippen LogP contribution in [0.4, 0.5) is 17.5 Å². The van der Waals surface area contributed by atoms with Gasteiger partial charge in [-0.3, -0.25) is 4.98 Å². The van der Waals surface area contributed by atoms with Crippen LogP contribution in [0.2, 0.25) is 0 Å². The zero-order valence-corrected chi connectivity index (χ0v) is 13.0. The summed E-state index contributed by atoms with van der Waals surface area (Å²) in [6, 6.07) is 13.1. The molecule has 3 N–H and O–H groups in total. The summed E-state index contributed by atoms with van der Waals surface area (Å²) in [6.07, 6.45) is 5.79. The SMILES string of the molecule is Oc1cccc(Nc2cc(-c3ccncc3)nc(NC3CC3)n2)c1. The number of benzene rings is 1. The predicted molar refractivity (Wildman–Crippen MR) is 93.3 cm³/mol. The fraction of sp³-hybridized carbons (Fsp3) is 0.167. The van der Waals surface area contributed by atoms with E-state index in [-0.39, 0.29) is 5.75 Å². The lowest BCUT2D eigenvalue weighted by atomic mass is 10.2. The summed E-state index contributed by atoms with van der Waals surface area (Å²) in [4.78, 5) is 13.2. The van der Waals surface area contributed by atoms with E-state index in [4.69, 9.17) is 0 Å². The van der Waals surface area contributed by atoms with Gasteiger partial charge < -0.3 is 15.7 Å². The maximum Gasteiger partial charge on any atom is 0.225 e. The zero-order chi connectivity index (χ0) is 16.4. The van der Waals surface area contributed by atoms with Gasteiger partial charge in [0.1, 0.15) is 11.6 Å². The molecular weight excluding hydrogens is 302 g/mol. The zero-order valence-electron chi connectivity index (χ0n) is 13.0. The summed E-state index contributed by atoms with van der Waals surface area (Å²) in [5, 5.41) is 16.2. The van der Waals surface area contributed by atoms with Gasteiger partial charge in [-0.25, -0.2) is 4.98 Å². The van der Waals surface area contributed by atoms with Crippen LogP contribution in [0.25, 0.3) is 11.3 Å². The number of rotatable bonds is 5. The lowest BCUT2D eigenvalue weighted by Gasteiger charge is -2.11. The summed E-state index contributed by atoms with van der Waals surface area (Å²) in [5.74, 6) is 1.49.